The molecule has 5 rings (SSSR count). The number of rotatable bonds is 5. The second kappa shape index (κ2) is 8.23. The number of allylic oxidation sites excluding steroid dienone is 2. The molecule has 1 aliphatic carbocycles. The number of benzene rings is 3. The summed E-state index contributed by atoms with van der Waals surface area (Å²) in [5, 5.41) is 3.46. The van der Waals surface area contributed by atoms with Gasteiger partial charge in [0.1, 0.15) is 11.6 Å². The van der Waals surface area contributed by atoms with Crippen molar-refractivity contribution < 1.29 is 17.5 Å². The molecule has 0 fully saturated rings. The Labute approximate surface area is 193 Å². The number of anilines is 2. The Balaban J connectivity index is 1.51. The average Bonchev–Trinajstić information content (AvgIpc) is 3.29. The van der Waals surface area contributed by atoms with Crippen LogP contribution in [0.5, 0.6) is 5.75 Å². The minimum atomic E-state index is -3.84. The molecular weight excluding hydrogens is 439 g/mol. The van der Waals surface area contributed by atoms with E-state index in [9.17, 15) is 12.8 Å². The third kappa shape index (κ3) is 3.86. The summed E-state index contributed by atoms with van der Waals surface area (Å²) in [4.78, 5) is 0.176. The van der Waals surface area contributed by atoms with Crippen LogP contribution in [-0.4, -0.2) is 15.5 Å². The van der Waals surface area contributed by atoms with Crippen LogP contribution in [0.4, 0.5) is 15.8 Å². The molecule has 0 unspecified atom stereocenters. The molecule has 33 heavy (non-hydrogen) atoms. The molecule has 0 saturated heterocycles. The van der Waals surface area contributed by atoms with Crippen molar-refractivity contribution >= 4 is 21.4 Å². The van der Waals surface area contributed by atoms with E-state index in [1.807, 2.05) is 25.1 Å². The molecule has 3 atom stereocenters. The van der Waals surface area contributed by atoms with Gasteiger partial charge in [0.05, 0.1) is 23.7 Å². The van der Waals surface area contributed by atoms with E-state index in [4.69, 9.17) is 4.74 Å². The summed E-state index contributed by atoms with van der Waals surface area (Å²) in [7, 11) is -2.33. The highest BCUT2D eigenvalue weighted by atomic mass is 32.2. The summed E-state index contributed by atoms with van der Waals surface area (Å²) in [5.41, 5.74) is 3.67. The van der Waals surface area contributed by atoms with Gasteiger partial charge in [-0.15, -0.1) is 0 Å². The van der Waals surface area contributed by atoms with Gasteiger partial charge in [0.2, 0.25) is 0 Å². The number of hydrogen-bond donors (Lipinski definition) is 2. The van der Waals surface area contributed by atoms with Crippen molar-refractivity contribution in [3.8, 4) is 5.75 Å². The van der Waals surface area contributed by atoms with Gasteiger partial charge in [0, 0.05) is 17.2 Å². The molecule has 0 radical (unpaired) electrons. The Hall–Kier alpha value is -3.32. The fourth-order valence-corrected chi connectivity index (χ4v) is 5.98. The quantitative estimate of drug-likeness (QED) is 0.471. The number of halogens is 1. The van der Waals surface area contributed by atoms with Crippen LogP contribution in [0, 0.1) is 18.7 Å². The fourth-order valence-electron chi connectivity index (χ4n) is 4.88. The van der Waals surface area contributed by atoms with Gasteiger partial charge in [-0.05, 0) is 66.8 Å². The molecule has 0 bridgehead atoms. The van der Waals surface area contributed by atoms with Crippen LogP contribution in [0.1, 0.15) is 35.1 Å². The first-order valence-corrected chi connectivity index (χ1v) is 12.3. The first-order chi connectivity index (χ1) is 15.9. The number of nitrogens with one attached hydrogen (secondary N) is 2. The summed E-state index contributed by atoms with van der Waals surface area (Å²) in [6, 6.07) is 17.0. The molecule has 3 aromatic carbocycles. The third-order valence-corrected chi connectivity index (χ3v) is 7.85. The van der Waals surface area contributed by atoms with Crippen LogP contribution in [0.15, 0.2) is 77.7 Å². The lowest BCUT2D eigenvalue weighted by Gasteiger charge is -2.37. The summed E-state index contributed by atoms with van der Waals surface area (Å²) in [5.74, 6) is 0.335. The summed E-state index contributed by atoms with van der Waals surface area (Å²) < 4.78 is 49.0. The standard InChI is InChI=1S/C26H25FN2O3S/c1-16-10-13-25(32-2)24(14-16)29-33(30,31)17-11-12-23-21(15-17)18-7-5-8-19(18)26(28-23)20-6-3-4-9-22(20)27/h3-7,9-15,18-19,26,28-29H,8H2,1-2H3/t18-,19+,26-/m0/s1. The predicted molar refractivity (Wildman–Crippen MR) is 128 cm³/mol. The van der Waals surface area contributed by atoms with Gasteiger partial charge in [-0.25, -0.2) is 12.8 Å². The normalized spacial score (nSPS) is 21.1. The minimum Gasteiger partial charge on any atom is -0.495 e. The van der Waals surface area contributed by atoms with Crippen molar-refractivity contribution in [2.24, 2.45) is 5.92 Å². The molecule has 1 aliphatic heterocycles. The lowest BCUT2D eigenvalue weighted by molar-refractivity contribution is 0.413. The number of hydrogen-bond acceptors (Lipinski definition) is 4. The lowest BCUT2D eigenvalue weighted by Crippen LogP contribution is -2.30. The van der Waals surface area contributed by atoms with Crippen molar-refractivity contribution in [2.75, 3.05) is 17.1 Å². The molecule has 2 aliphatic rings. The smallest absolute Gasteiger partial charge is 0.262 e. The maximum absolute atomic E-state index is 14.6. The third-order valence-electron chi connectivity index (χ3n) is 6.48. The zero-order valence-corrected chi connectivity index (χ0v) is 19.2. The fraction of sp³-hybridized carbons (Fsp3) is 0.231. The highest BCUT2D eigenvalue weighted by molar-refractivity contribution is 7.92. The van der Waals surface area contributed by atoms with Crippen LogP contribution in [0.3, 0.4) is 0 Å². The van der Waals surface area contributed by atoms with E-state index in [0.717, 1.165) is 23.2 Å². The Morgan fingerprint density at radius 1 is 1.06 bits per heavy atom. The van der Waals surface area contributed by atoms with Crippen LogP contribution in [0.2, 0.25) is 0 Å². The van der Waals surface area contributed by atoms with Crippen LogP contribution >= 0.6 is 0 Å². The Bertz CT molecular complexity index is 1350. The molecule has 0 amide bonds. The van der Waals surface area contributed by atoms with Gasteiger partial charge in [-0.1, -0.05) is 36.4 Å². The number of aryl methyl sites for hydroxylation is 1. The van der Waals surface area contributed by atoms with Crippen LogP contribution in [-0.2, 0) is 10.0 Å². The molecule has 0 spiro atoms. The molecule has 2 N–H and O–H groups in total. The van der Waals surface area contributed by atoms with E-state index < -0.39 is 10.0 Å². The van der Waals surface area contributed by atoms with Crippen molar-refractivity contribution in [1.29, 1.82) is 0 Å². The average molecular weight is 465 g/mol. The first kappa shape index (κ1) is 21.5. The van der Waals surface area contributed by atoms with Crippen molar-refractivity contribution in [3.05, 3.63) is 95.3 Å². The van der Waals surface area contributed by atoms with E-state index in [0.29, 0.717) is 17.0 Å². The van der Waals surface area contributed by atoms with Crippen LogP contribution in [0.25, 0.3) is 0 Å². The molecule has 0 aromatic heterocycles. The molecule has 5 nitrogen and oxygen atoms in total. The minimum absolute atomic E-state index is 0.00881. The van der Waals surface area contributed by atoms with E-state index >= 15 is 0 Å². The predicted octanol–water partition coefficient (Wildman–Crippen LogP) is 5.77. The zero-order chi connectivity index (χ0) is 23.2. The van der Waals surface area contributed by atoms with E-state index in [-0.39, 0.29) is 28.6 Å². The summed E-state index contributed by atoms with van der Waals surface area (Å²) >= 11 is 0. The lowest BCUT2D eigenvalue weighted by atomic mass is 9.77. The first-order valence-electron chi connectivity index (χ1n) is 10.9. The zero-order valence-electron chi connectivity index (χ0n) is 18.4. The summed E-state index contributed by atoms with van der Waals surface area (Å²) in [6.07, 6.45) is 4.99. The largest absolute Gasteiger partial charge is 0.495 e. The van der Waals surface area contributed by atoms with Gasteiger partial charge >= 0.3 is 0 Å². The molecule has 1 heterocycles. The number of methoxy groups -OCH3 is 1. The molecule has 0 saturated carbocycles. The van der Waals surface area contributed by atoms with Crippen molar-refractivity contribution in [3.63, 3.8) is 0 Å². The highest BCUT2D eigenvalue weighted by Gasteiger charge is 2.39. The van der Waals surface area contributed by atoms with Gasteiger partial charge < -0.3 is 10.1 Å². The highest BCUT2D eigenvalue weighted by Crippen LogP contribution is 2.50. The van der Waals surface area contributed by atoms with E-state index in [1.54, 1.807) is 36.4 Å². The number of ether oxygens (including phenoxy) is 1. The van der Waals surface area contributed by atoms with Crippen molar-refractivity contribution in [2.45, 2.75) is 30.2 Å². The SMILES string of the molecule is COc1ccc(C)cc1NS(=O)(=O)c1ccc2c(c1)[C@H]1C=CC[C@H]1[C@@H](c1ccccc1F)N2. The second-order valence-electron chi connectivity index (χ2n) is 8.56. The van der Waals surface area contributed by atoms with Gasteiger partial charge in [0.15, 0.2) is 0 Å². The number of fused-ring (bicyclic) bond motifs is 3. The maximum Gasteiger partial charge on any atom is 0.262 e. The van der Waals surface area contributed by atoms with Gasteiger partial charge in [-0.2, -0.15) is 0 Å². The molecule has 3 aromatic rings. The summed E-state index contributed by atoms with van der Waals surface area (Å²) in [6.45, 7) is 1.89. The van der Waals surface area contributed by atoms with Gasteiger partial charge in [0.25, 0.3) is 10.0 Å². The number of sulfonamides is 1. The molecule has 7 heteroatoms. The Morgan fingerprint density at radius 2 is 1.88 bits per heavy atom. The van der Waals surface area contributed by atoms with Crippen LogP contribution < -0.4 is 14.8 Å². The van der Waals surface area contributed by atoms with E-state index in [1.165, 1.54) is 13.2 Å². The Kier molecular flexibility index (Phi) is 5.37. The van der Waals surface area contributed by atoms with Gasteiger partial charge in [-0.3, -0.25) is 4.72 Å². The molecule has 170 valence electrons. The van der Waals surface area contributed by atoms with Crippen molar-refractivity contribution in [1.82, 2.24) is 0 Å². The van der Waals surface area contributed by atoms with E-state index in [2.05, 4.69) is 22.2 Å². The topological polar surface area (TPSA) is 67.4 Å². The monoisotopic (exact) mass is 464 g/mol. The second-order valence-corrected chi connectivity index (χ2v) is 10.2. The maximum atomic E-state index is 14.6. The Morgan fingerprint density at radius 3 is 2.67 bits per heavy atom. The molecular formula is C26H25FN2O3S.